The molecule has 1 atom stereocenters. The summed E-state index contributed by atoms with van der Waals surface area (Å²) < 4.78 is 32.0. The van der Waals surface area contributed by atoms with Crippen molar-refractivity contribution in [1.82, 2.24) is 19.4 Å². The molecule has 2 aliphatic heterocycles. The van der Waals surface area contributed by atoms with Gasteiger partial charge < -0.3 is 14.6 Å². The number of hydrogen-bond acceptors (Lipinski definition) is 6. The van der Waals surface area contributed by atoms with Gasteiger partial charge in [0, 0.05) is 26.2 Å². The van der Waals surface area contributed by atoms with Crippen LogP contribution >= 0.6 is 0 Å². The Morgan fingerprint density at radius 1 is 1.06 bits per heavy atom. The lowest BCUT2D eigenvalue weighted by atomic mass is 9.99. The van der Waals surface area contributed by atoms with Gasteiger partial charge in [-0.1, -0.05) is 30.3 Å². The molecule has 10 nitrogen and oxygen atoms in total. The summed E-state index contributed by atoms with van der Waals surface area (Å²) in [6.07, 6.45) is 1.40. The summed E-state index contributed by atoms with van der Waals surface area (Å²) in [5.41, 5.74) is -0.672. The second kappa shape index (κ2) is 8.40. The van der Waals surface area contributed by atoms with Crippen LogP contribution in [-0.2, 0) is 30.9 Å². The van der Waals surface area contributed by atoms with E-state index in [1.807, 2.05) is 6.07 Å². The number of nitrogens with one attached hydrogen (secondary N) is 1. The summed E-state index contributed by atoms with van der Waals surface area (Å²) in [5.74, 6) is -0.814. The van der Waals surface area contributed by atoms with Gasteiger partial charge in [0.2, 0.25) is 15.9 Å². The Balaban J connectivity index is 1.35. The van der Waals surface area contributed by atoms with Gasteiger partial charge in [-0.2, -0.15) is 4.31 Å². The molecule has 1 N–H and O–H groups in total. The highest BCUT2D eigenvalue weighted by molar-refractivity contribution is 7.88. The lowest BCUT2D eigenvalue weighted by Gasteiger charge is -2.34. The van der Waals surface area contributed by atoms with Gasteiger partial charge in [-0.15, -0.1) is 0 Å². The highest BCUT2D eigenvalue weighted by Gasteiger charge is 2.51. The van der Waals surface area contributed by atoms with E-state index < -0.39 is 40.0 Å². The largest absolute Gasteiger partial charge is 0.466 e. The van der Waals surface area contributed by atoms with Crippen molar-refractivity contribution in [1.29, 1.82) is 0 Å². The molecule has 32 heavy (non-hydrogen) atoms. The predicted molar refractivity (Wildman–Crippen MR) is 114 cm³/mol. The molecule has 3 heterocycles. The van der Waals surface area contributed by atoms with Crippen LogP contribution in [0.25, 0.3) is 0 Å². The number of nitrogens with zero attached hydrogens (tertiary/aromatic N) is 3. The van der Waals surface area contributed by atoms with Crippen LogP contribution < -0.4 is 5.32 Å². The first-order valence-corrected chi connectivity index (χ1v) is 11.8. The van der Waals surface area contributed by atoms with E-state index in [2.05, 4.69) is 5.32 Å². The number of carbonyl (C=O) groups excluding carboxylic acids is 3. The summed E-state index contributed by atoms with van der Waals surface area (Å²) in [6, 6.07) is 11.4. The number of urea groups is 1. The van der Waals surface area contributed by atoms with Crippen LogP contribution in [0.5, 0.6) is 0 Å². The number of rotatable bonds is 6. The smallest absolute Gasteiger partial charge is 0.325 e. The van der Waals surface area contributed by atoms with Crippen LogP contribution in [0.4, 0.5) is 4.79 Å². The average molecular weight is 461 g/mol. The monoisotopic (exact) mass is 460 g/mol. The highest BCUT2D eigenvalue weighted by atomic mass is 32.2. The van der Waals surface area contributed by atoms with Crippen LogP contribution in [-0.4, -0.2) is 73.1 Å². The van der Waals surface area contributed by atoms with E-state index in [9.17, 15) is 22.8 Å². The van der Waals surface area contributed by atoms with Crippen LogP contribution in [0, 0.1) is 0 Å². The summed E-state index contributed by atoms with van der Waals surface area (Å²) in [6.45, 7) is 1.79. The molecule has 2 aliphatic rings. The number of amides is 4. The molecule has 0 aliphatic carbocycles. The molecule has 4 rings (SSSR count). The van der Waals surface area contributed by atoms with Crippen LogP contribution in [0.1, 0.15) is 18.2 Å². The Kier molecular flexibility index (Phi) is 5.78. The van der Waals surface area contributed by atoms with Gasteiger partial charge in [-0.3, -0.25) is 14.5 Å². The van der Waals surface area contributed by atoms with Gasteiger partial charge in [0.25, 0.3) is 5.91 Å². The van der Waals surface area contributed by atoms with E-state index in [4.69, 9.17) is 4.42 Å². The summed E-state index contributed by atoms with van der Waals surface area (Å²) in [5, 5.41) is 2.58. The van der Waals surface area contributed by atoms with Crippen molar-refractivity contribution in [3.63, 3.8) is 0 Å². The quantitative estimate of drug-likeness (QED) is 0.635. The van der Waals surface area contributed by atoms with Gasteiger partial charge in [-0.25, -0.2) is 13.2 Å². The lowest BCUT2D eigenvalue weighted by Crippen LogP contribution is -2.53. The van der Waals surface area contributed by atoms with Crippen molar-refractivity contribution in [2.45, 2.75) is 18.2 Å². The molecule has 1 unspecified atom stereocenters. The van der Waals surface area contributed by atoms with Crippen LogP contribution in [0.15, 0.2) is 53.1 Å². The summed E-state index contributed by atoms with van der Waals surface area (Å²) in [4.78, 5) is 40.3. The van der Waals surface area contributed by atoms with Gasteiger partial charge in [0.05, 0.1) is 12.0 Å². The van der Waals surface area contributed by atoms with Gasteiger partial charge in [0.1, 0.15) is 12.3 Å². The van der Waals surface area contributed by atoms with E-state index in [1.54, 1.807) is 36.4 Å². The number of sulfonamides is 1. The summed E-state index contributed by atoms with van der Waals surface area (Å²) >= 11 is 0. The SMILES string of the molecule is CC1(c2ccco2)NC(=O)N(CC(=O)N2CCN(S(=O)(=O)Cc3ccccc3)CC2)C1=O. The first kappa shape index (κ1) is 22.0. The molecule has 11 heteroatoms. The molecule has 0 bridgehead atoms. The van der Waals surface area contributed by atoms with Gasteiger partial charge in [0.15, 0.2) is 5.54 Å². The Morgan fingerprint density at radius 3 is 2.38 bits per heavy atom. The predicted octanol–water partition coefficient (Wildman–Crippen LogP) is 0.721. The van der Waals surface area contributed by atoms with Gasteiger partial charge >= 0.3 is 6.03 Å². The number of imide groups is 1. The molecule has 170 valence electrons. The Hall–Kier alpha value is -3.18. The van der Waals surface area contributed by atoms with Crippen molar-refractivity contribution in [3.8, 4) is 0 Å². The maximum absolute atomic E-state index is 12.8. The van der Waals surface area contributed by atoms with Crippen molar-refractivity contribution < 1.29 is 27.2 Å². The van der Waals surface area contributed by atoms with Gasteiger partial charge in [-0.05, 0) is 24.6 Å². The maximum Gasteiger partial charge on any atom is 0.325 e. The van der Waals surface area contributed by atoms with E-state index in [-0.39, 0.29) is 37.7 Å². The molecule has 0 radical (unpaired) electrons. The van der Waals surface area contributed by atoms with E-state index in [0.717, 1.165) is 4.90 Å². The first-order valence-electron chi connectivity index (χ1n) is 10.2. The van der Waals surface area contributed by atoms with Crippen LogP contribution in [0.2, 0.25) is 0 Å². The van der Waals surface area contributed by atoms with Crippen molar-refractivity contribution in [3.05, 3.63) is 60.1 Å². The fourth-order valence-corrected chi connectivity index (χ4v) is 5.41. The minimum absolute atomic E-state index is 0.102. The Morgan fingerprint density at radius 2 is 1.75 bits per heavy atom. The molecular weight excluding hydrogens is 436 g/mol. The molecule has 1 aromatic heterocycles. The standard InChI is InChI=1S/C21H24N4O6S/c1-21(17-8-5-13-31-17)19(27)25(20(28)22-21)14-18(26)23-9-11-24(12-10-23)32(29,30)15-16-6-3-2-4-7-16/h2-8,13H,9-12,14-15H2,1H3,(H,22,28). The molecule has 0 saturated carbocycles. The zero-order valence-electron chi connectivity index (χ0n) is 17.6. The lowest BCUT2D eigenvalue weighted by molar-refractivity contribution is -0.139. The number of furan rings is 1. The van der Waals surface area contributed by atoms with Crippen LogP contribution in [0.3, 0.4) is 0 Å². The van der Waals surface area contributed by atoms with E-state index in [0.29, 0.717) is 5.56 Å². The second-order valence-electron chi connectivity index (χ2n) is 7.95. The Labute approximate surface area is 185 Å². The molecule has 2 aromatic rings. The molecule has 1 aromatic carbocycles. The molecule has 4 amide bonds. The maximum atomic E-state index is 12.8. The fraction of sp³-hybridized carbons (Fsp3) is 0.381. The van der Waals surface area contributed by atoms with Crippen molar-refractivity contribution in [2.75, 3.05) is 32.7 Å². The molecule has 0 spiro atoms. The minimum atomic E-state index is -3.51. The summed E-state index contributed by atoms with van der Waals surface area (Å²) in [7, 11) is -3.51. The fourth-order valence-electron chi connectivity index (χ4n) is 3.90. The second-order valence-corrected chi connectivity index (χ2v) is 9.91. The zero-order valence-corrected chi connectivity index (χ0v) is 18.4. The third kappa shape index (κ3) is 4.13. The molecule has 2 fully saturated rings. The number of piperazine rings is 1. The van der Waals surface area contributed by atoms with E-state index >= 15 is 0 Å². The molecule has 2 saturated heterocycles. The number of hydrogen-bond donors (Lipinski definition) is 1. The third-order valence-electron chi connectivity index (χ3n) is 5.76. The van der Waals surface area contributed by atoms with Crippen molar-refractivity contribution >= 4 is 27.9 Å². The minimum Gasteiger partial charge on any atom is -0.466 e. The zero-order chi connectivity index (χ0) is 22.9. The Bertz CT molecular complexity index is 1110. The highest BCUT2D eigenvalue weighted by Crippen LogP contribution is 2.29. The number of carbonyl (C=O) groups is 3. The average Bonchev–Trinajstić information content (AvgIpc) is 3.39. The topological polar surface area (TPSA) is 120 Å². The van der Waals surface area contributed by atoms with E-state index in [1.165, 1.54) is 22.4 Å². The normalized spacial score (nSPS) is 22.3. The number of benzene rings is 1. The molecular formula is C21H24N4O6S. The third-order valence-corrected chi connectivity index (χ3v) is 7.61. The first-order chi connectivity index (χ1) is 15.2. The van der Waals surface area contributed by atoms with Crippen molar-refractivity contribution in [2.24, 2.45) is 0 Å².